The first-order chi connectivity index (χ1) is 20.2. The minimum atomic E-state index is 1.03. The second-order valence-corrected chi connectivity index (χ2v) is 11.2. The van der Waals surface area contributed by atoms with Crippen molar-refractivity contribution in [1.82, 2.24) is 4.40 Å². The second-order valence-electron chi connectivity index (χ2n) is 11.2. The van der Waals surface area contributed by atoms with Gasteiger partial charge in [0.15, 0.2) is 0 Å². The zero-order valence-electron chi connectivity index (χ0n) is 23.5. The SMILES string of the molecule is CCc1ccc2c(c1)c1cc(CC)cc3c4cc(-c5cccc(-c6cccc(-c7ccccc7)c6)c5)ccc4n2c13. The van der Waals surface area contributed by atoms with Crippen molar-refractivity contribution in [2.45, 2.75) is 26.7 Å². The van der Waals surface area contributed by atoms with E-state index in [1.165, 1.54) is 82.6 Å². The number of hydrogen-bond acceptors (Lipinski definition) is 0. The molecule has 0 radical (unpaired) electrons. The molecule has 2 aromatic heterocycles. The summed E-state index contributed by atoms with van der Waals surface area (Å²) < 4.78 is 2.49. The molecule has 8 aromatic rings. The standard InChI is InChI=1S/C40H31N/c1-3-26-16-18-38-34(20-26)36-21-27(4-2)22-37-35-25-33(17-19-39(35)41(38)40(36)37)32-15-9-14-31(24-32)30-13-8-12-29(23-30)28-10-6-5-7-11-28/h5-25H,3-4H2,1-2H3. The summed E-state index contributed by atoms with van der Waals surface area (Å²) in [6, 6.07) is 47.3. The van der Waals surface area contributed by atoms with Crippen LogP contribution in [0.5, 0.6) is 0 Å². The van der Waals surface area contributed by atoms with E-state index < -0.39 is 0 Å². The van der Waals surface area contributed by atoms with Crippen molar-refractivity contribution < 1.29 is 0 Å². The van der Waals surface area contributed by atoms with Crippen molar-refractivity contribution in [3.8, 4) is 33.4 Å². The van der Waals surface area contributed by atoms with Crippen molar-refractivity contribution in [2.24, 2.45) is 0 Å². The molecule has 8 rings (SSSR count). The van der Waals surface area contributed by atoms with Gasteiger partial charge in [-0.1, -0.05) is 92.7 Å². The number of aryl methyl sites for hydroxylation is 2. The van der Waals surface area contributed by atoms with Gasteiger partial charge in [0.1, 0.15) is 0 Å². The largest absolute Gasteiger partial charge is 0.308 e. The van der Waals surface area contributed by atoms with Gasteiger partial charge in [0.2, 0.25) is 0 Å². The van der Waals surface area contributed by atoms with E-state index in [0.29, 0.717) is 0 Å². The summed E-state index contributed by atoms with van der Waals surface area (Å²) in [5.74, 6) is 0. The molecule has 0 saturated heterocycles. The molecule has 0 aliphatic rings. The number of nitrogens with zero attached hydrogens (tertiary/aromatic N) is 1. The maximum absolute atomic E-state index is 2.49. The highest BCUT2D eigenvalue weighted by Crippen LogP contribution is 2.41. The smallest absolute Gasteiger partial charge is 0.0620 e. The van der Waals surface area contributed by atoms with E-state index in [1.807, 2.05) is 0 Å². The summed E-state index contributed by atoms with van der Waals surface area (Å²) in [6.07, 6.45) is 2.08. The van der Waals surface area contributed by atoms with Crippen LogP contribution in [0.2, 0.25) is 0 Å². The molecule has 2 heterocycles. The molecule has 1 heteroatoms. The van der Waals surface area contributed by atoms with E-state index in [1.54, 1.807) is 0 Å². The van der Waals surface area contributed by atoms with Gasteiger partial charge in [0, 0.05) is 21.5 Å². The van der Waals surface area contributed by atoms with Gasteiger partial charge in [-0.3, -0.25) is 0 Å². The Labute approximate surface area is 240 Å². The number of hydrogen-bond donors (Lipinski definition) is 0. The minimum absolute atomic E-state index is 1.03. The molecule has 0 spiro atoms. The van der Waals surface area contributed by atoms with Crippen LogP contribution in [0.3, 0.4) is 0 Å². The van der Waals surface area contributed by atoms with Gasteiger partial charge in [0.05, 0.1) is 16.6 Å². The Bertz CT molecular complexity index is 2210. The predicted octanol–water partition coefficient (Wildman–Crippen LogP) is 11.0. The van der Waals surface area contributed by atoms with E-state index in [2.05, 4.69) is 146 Å². The van der Waals surface area contributed by atoms with Crippen LogP contribution in [0.1, 0.15) is 25.0 Å². The van der Waals surface area contributed by atoms with E-state index in [4.69, 9.17) is 0 Å². The molecule has 196 valence electrons. The second kappa shape index (κ2) is 9.35. The highest BCUT2D eigenvalue weighted by Gasteiger charge is 2.19. The topological polar surface area (TPSA) is 4.41 Å². The number of rotatable bonds is 5. The van der Waals surface area contributed by atoms with Crippen molar-refractivity contribution >= 4 is 38.1 Å². The van der Waals surface area contributed by atoms with Crippen molar-refractivity contribution in [1.29, 1.82) is 0 Å². The summed E-state index contributed by atoms with van der Waals surface area (Å²) in [5.41, 5.74) is 14.2. The molecule has 0 atom stereocenters. The lowest BCUT2D eigenvalue weighted by Gasteiger charge is -2.09. The Kier molecular flexibility index (Phi) is 5.47. The fraction of sp³-hybridized carbons (Fsp3) is 0.100. The molecule has 0 aliphatic heterocycles. The Hall–Kier alpha value is -4.88. The summed E-state index contributed by atoms with van der Waals surface area (Å²) in [6.45, 7) is 4.50. The van der Waals surface area contributed by atoms with Gasteiger partial charge in [-0.25, -0.2) is 0 Å². The monoisotopic (exact) mass is 525 g/mol. The molecule has 0 amide bonds. The lowest BCUT2D eigenvalue weighted by Crippen LogP contribution is -1.85. The number of aromatic nitrogens is 1. The van der Waals surface area contributed by atoms with E-state index >= 15 is 0 Å². The number of benzene rings is 6. The Morgan fingerprint density at radius 1 is 0.390 bits per heavy atom. The maximum atomic E-state index is 2.49. The van der Waals surface area contributed by atoms with Gasteiger partial charge in [-0.05, 0) is 106 Å². The summed E-state index contributed by atoms with van der Waals surface area (Å²) >= 11 is 0. The first-order valence-corrected chi connectivity index (χ1v) is 14.7. The van der Waals surface area contributed by atoms with Gasteiger partial charge in [0.25, 0.3) is 0 Å². The van der Waals surface area contributed by atoms with Gasteiger partial charge in [-0.2, -0.15) is 0 Å². The van der Waals surface area contributed by atoms with Crippen LogP contribution < -0.4 is 0 Å². The molecule has 1 nitrogen and oxygen atoms in total. The Morgan fingerprint density at radius 2 is 0.878 bits per heavy atom. The molecule has 0 saturated carbocycles. The minimum Gasteiger partial charge on any atom is -0.308 e. The Balaban J connectivity index is 1.29. The van der Waals surface area contributed by atoms with Crippen LogP contribution >= 0.6 is 0 Å². The maximum Gasteiger partial charge on any atom is 0.0620 e. The zero-order chi connectivity index (χ0) is 27.5. The van der Waals surface area contributed by atoms with Crippen LogP contribution in [-0.4, -0.2) is 4.40 Å². The van der Waals surface area contributed by atoms with Crippen LogP contribution in [0.25, 0.3) is 71.5 Å². The highest BCUT2D eigenvalue weighted by molar-refractivity contribution is 6.24. The third-order valence-corrected chi connectivity index (χ3v) is 8.83. The van der Waals surface area contributed by atoms with Crippen LogP contribution in [0, 0.1) is 0 Å². The molecule has 0 fully saturated rings. The summed E-state index contributed by atoms with van der Waals surface area (Å²) in [7, 11) is 0. The molecule has 0 aliphatic carbocycles. The summed E-state index contributed by atoms with van der Waals surface area (Å²) in [5, 5.41) is 5.44. The molecular weight excluding hydrogens is 494 g/mol. The molecule has 41 heavy (non-hydrogen) atoms. The van der Waals surface area contributed by atoms with Gasteiger partial charge in [-0.15, -0.1) is 0 Å². The number of fused-ring (bicyclic) bond motifs is 6. The molecule has 0 bridgehead atoms. The lowest BCUT2D eigenvalue weighted by molar-refractivity contribution is 1.14. The average molecular weight is 526 g/mol. The van der Waals surface area contributed by atoms with Crippen LogP contribution in [0.4, 0.5) is 0 Å². The first kappa shape index (κ1) is 24.0. The Morgan fingerprint density at radius 3 is 1.49 bits per heavy atom. The van der Waals surface area contributed by atoms with E-state index in [0.717, 1.165) is 12.8 Å². The van der Waals surface area contributed by atoms with Crippen LogP contribution in [0.15, 0.2) is 127 Å². The van der Waals surface area contributed by atoms with Crippen LogP contribution in [-0.2, 0) is 12.8 Å². The summed E-state index contributed by atoms with van der Waals surface area (Å²) in [4.78, 5) is 0. The molecule has 0 unspecified atom stereocenters. The van der Waals surface area contributed by atoms with E-state index in [9.17, 15) is 0 Å². The quantitative estimate of drug-likeness (QED) is 0.210. The predicted molar refractivity (Wildman–Crippen MR) is 176 cm³/mol. The van der Waals surface area contributed by atoms with Crippen molar-refractivity contribution in [3.63, 3.8) is 0 Å². The molecule has 6 aromatic carbocycles. The third kappa shape index (κ3) is 3.77. The zero-order valence-corrected chi connectivity index (χ0v) is 23.5. The fourth-order valence-electron chi connectivity index (χ4n) is 6.65. The normalized spacial score (nSPS) is 11.9. The first-order valence-electron chi connectivity index (χ1n) is 14.7. The lowest BCUT2D eigenvalue weighted by atomic mass is 9.95. The van der Waals surface area contributed by atoms with E-state index in [-0.39, 0.29) is 0 Å². The average Bonchev–Trinajstić information content (AvgIpc) is 3.55. The van der Waals surface area contributed by atoms with Gasteiger partial charge < -0.3 is 4.40 Å². The third-order valence-electron chi connectivity index (χ3n) is 8.83. The highest BCUT2D eigenvalue weighted by atomic mass is 14.9. The fourth-order valence-corrected chi connectivity index (χ4v) is 6.65. The van der Waals surface area contributed by atoms with Gasteiger partial charge >= 0.3 is 0 Å². The van der Waals surface area contributed by atoms with Crippen molar-refractivity contribution in [2.75, 3.05) is 0 Å². The van der Waals surface area contributed by atoms with Crippen molar-refractivity contribution in [3.05, 3.63) is 139 Å². The molecular formula is C40H31N. The molecule has 0 N–H and O–H groups in total.